The van der Waals surface area contributed by atoms with E-state index in [9.17, 15) is 4.79 Å². The molecule has 0 spiro atoms. The molecule has 3 rings (SSSR count). The summed E-state index contributed by atoms with van der Waals surface area (Å²) < 4.78 is 21.5. The molecular formula is C22H25N3O5S. The van der Waals surface area contributed by atoms with Crippen molar-refractivity contribution in [2.24, 2.45) is 0 Å². The van der Waals surface area contributed by atoms with E-state index in [1.165, 1.54) is 7.11 Å². The molecule has 31 heavy (non-hydrogen) atoms. The molecule has 0 aliphatic carbocycles. The van der Waals surface area contributed by atoms with Crippen LogP contribution in [0.1, 0.15) is 18.5 Å². The molecule has 0 radical (unpaired) electrons. The minimum Gasteiger partial charge on any atom is -0.497 e. The summed E-state index contributed by atoms with van der Waals surface area (Å²) in [5.41, 5.74) is 2.32. The summed E-state index contributed by atoms with van der Waals surface area (Å²) in [6, 6.07) is 10.1. The molecular weight excluding hydrogens is 418 g/mol. The zero-order valence-electron chi connectivity index (χ0n) is 18.0. The third-order valence-electron chi connectivity index (χ3n) is 4.92. The number of hydrogen-bond acceptors (Lipinski definition) is 6. The Hall–Kier alpha value is -3.46. The van der Waals surface area contributed by atoms with Crippen molar-refractivity contribution in [2.75, 3.05) is 33.8 Å². The van der Waals surface area contributed by atoms with Crippen molar-refractivity contribution in [1.82, 2.24) is 10.6 Å². The number of allylic oxidation sites excluding steroid dienone is 1. The van der Waals surface area contributed by atoms with Crippen molar-refractivity contribution in [3.05, 3.63) is 53.2 Å². The number of benzene rings is 2. The van der Waals surface area contributed by atoms with Gasteiger partial charge in [0.1, 0.15) is 23.0 Å². The standard InChI is InChI=1S/C22H25N3O5S/c1-12-19(21(26)24-16-10-13(27-2)7-9-17(16)29-4)20(25-22(31)23-12)15-8-6-14(28-3)11-18(15)30-5/h6-11,20H,1-5H3,(H,24,26)(H2,23,25,31)/t20-/m0/s1. The van der Waals surface area contributed by atoms with E-state index in [-0.39, 0.29) is 5.91 Å². The molecule has 0 fully saturated rings. The van der Waals surface area contributed by atoms with Gasteiger partial charge in [0.15, 0.2) is 5.11 Å². The second-order valence-corrected chi connectivity index (χ2v) is 7.11. The highest BCUT2D eigenvalue weighted by molar-refractivity contribution is 7.80. The number of nitrogens with one attached hydrogen (secondary N) is 3. The van der Waals surface area contributed by atoms with Crippen LogP contribution in [0.2, 0.25) is 0 Å². The van der Waals surface area contributed by atoms with Gasteiger partial charge in [-0.3, -0.25) is 4.79 Å². The maximum absolute atomic E-state index is 13.4. The van der Waals surface area contributed by atoms with E-state index < -0.39 is 6.04 Å². The van der Waals surface area contributed by atoms with E-state index in [1.807, 2.05) is 6.07 Å². The first-order valence-corrected chi connectivity index (χ1v) is 9.86. The van der Waals surface area contributed by atoms with Crippen LogP contribution >= 0.6 is 12.2 Å². The molecule has 9 heteroatoms. The summed E-state index contributed by atoms with van der Waals surface area (Å²) in [7, 11) is 6.24. The number of amides is 1. The van der Waals surface area contributed by atoms with Crippen LogP contribution in [0.5, 0.6) is 23.0 Å². The first kappa shape index (κ1) is 22.2. The number of rotatable bonds is 7. The molecule has 164 valence electrons. The molecule has 0 unspecified atom stereocenters. The van der Waals surface area contributed by atoms with E-state index in [1.54, 1.807) is 58.6 Å². The predicted molar refractivity (Wildman–Crippen MR) is 122 cm³/mol. The van der Waals surface area contributed by atoms with Crippen LogP contribution in [0, 0.1) is 0 Å². The molecule has 1 aliphatic rings. The Labute approximate surface area is 186 Å². The van der Waals surface area contributed by atoms with Crippen LogP contribution < -0.4 is 34.9 Å². The predicted octanol–water partition coefficient (Wildman–Crippen LogP) is 3.15. The molecule has 0 saturated carbocycles. The highest BCUT2D eigenvalue weighted by atomic mass is 32.1. The summed E-state index contributed by atoms with van der Waals surface area (Å²) >= 11 is 5.34. The fourth-order valence-electron chi connectivity index (χ4n) is 3.39. The summed E-state index contributed by atoms with van der Waals surface area (Å²) in [6.45, 7) is 1.80. The van der Waals surface area contributed by atoms with E-state index in [0.717, 1.165) is 5.56 Å². The summed E-state index contributed by atoms with van der Waals surface area (Å²) in [5.74, 6) is 1.99. The number of anilines is 1. The lowest BCUT2D eigenvalue weighted by Crippen LogP contribution is -2.45. The third-order valence-corrected chi connectivity index (χ3v) is 5.14. The number of carbonyl (C=O) groups is 1. The number of ether oxygens (including phenoxy) is 4. The van der Waals surface area contributed by atoms with Gasteiger partial charge >= 0.3 is 0 Å². The average Bonchev–Trinajstić information content (AvgIpc) is 2.77. The van der Waals surface area contributed by atoms with Gasteiger partial charge in [-0.1, -0.05) is 0 Å². The van der Waals surface area contributed by atoms with Gasteiger partial charge < -0.3 is 34.9 Å². The molecule has 1 heterocycles. The Morgan fingerprint density at radius 1 is 0.935 bits per heavy atom. The van der Waals surface area contributed by atoms with Crippen molar-refractivity contribution in [3.63, 3.8) is 0 Å². The van der Waals surface area contributed by atoms with Gasteiger partial charge in [-0.05, 0) is 43.4 Å². The normalized spacial score (nSPS) is 15.5. The Kier molecular flexibility index (Phi) is 6.86. The Morgan fingerprint density at radius 3 is 2.23 bits per heavy atom. The van der Waals surface area contributed by atoms with Crippen LogP contribution in [0.3, 0.4) is 0 Å². The van der Waals surface area contributed by atoms with Crippen molar-refractivity contribution in [1.29, 1.82) is 0 Å². The van der Waals surface area contributed by atoms with E-state index in [0.29, 0.717) is 45.1 Å². The quantitative estimate of drug-likeness (QED) is 0.563. The fraction of sp³-hybridized carbons (Fsp3) is 0.273. The van der Waals surface area contributed by atoms with Gasteiger partial charge in [-0.2, -0.15) is 0 Å². The van der Waals surface area contributed by atoms with Gasteiger partial charge in [-0.25, -0.2) is 0 Å². The number of hydrogen-bond donors (Lipinski definition) is 3. The van der Waals surface area contributed by atoms with Crippen molar-refractivity contribution in [2.45, 2.75) is 13.0 Å². The lowest BCUT2D eigenvalue weighted by atomic mass is 9.94. The van der Waals surface area contributed by atoms with Gasteiger partial charge in [0.05, 0.1) is 45.7 Å². The first-order chi connectivity index (χ1) is 14.9. The number of methoxy groups -OCH3 is 4. The fourth-order valence-corrected chi connectivity index (χ4v) is 3.66. The smallest absolute Gasteiger partial charge is 0.255 e. The van der Waals surface area contributed by atoms with Gasteiger partial charge in [0, 0.05) is 23.4 Å². The van der Waals surface area contributed by atoms with Crippen LogP contribution in [0.15, 0.2) is 47.7 Å². The largest absolute Gasteiger partial charge is 0.497 e. The van der Waals surface area contributed by atoms with E-state index in [4.69, 9.17) is 31.2 Å². The Balaban J connectivity index is 2.02. The summed E-state index contributed by atoms with van der Waals surface area (Å²) in [5, 5.41) is 9.53. The van der Waals surface area contributed by atoms with Crippen molar-refractivity contribution < 1.29 is 23.7 Å². The van der Waals surface area contributed by atoms with Gasteiger partial charge in [0.25, 0.3) is 5.91 Å². The first-order valence-electron chi connectivity index (χ1n) is 9.45. The van der Waals surface area contributed by atoms with E-state index >= 15 is 0 Å². The topological polar surface area (TPSA) is 90.1 Å². The maximum Gasteiger partial charge on any atom is 0.255 e. The highest BCUT2D eigenvalue weighted by Crippen LogP contribution is 2.36. The number of carbonyl (C=O) groups excluding carboxylic acids is 1. The summed E-state index contributed by atoms with van der Waals surface area (Å²) in [6.07, 6.45) is 0. The zero-order chi connectivity index (χ0) is 22.5. The van der Waals surface area contributed by atoms with Crippen molar-refractivity contribution in [3.8, 4) is 23.0 Å². The molecule has 1 aliphatic heterocycles. The second kappa shape index (κ2) is 9.57. The third kappa shape index (κ3) is 4.66. The highest BCUT2D eigenvalue weighted by Gasteiger charge is 2.32. The Morgan fingerprint density at radius 2 is 1.58 bits per heavy atom. The molecule has 1 atom stereocenters. The van der Waals surface area contributed by atoms with Gasteiger partial charge in [0.2, 0.25) is 0 Å². The monoisotopic (exact) mass is 443 g/mol. The van der Waals surface area contributed by atoms with Crippen molar-refractivity contribution >= 4 is 28.9 Å². The van der Waals surface area contributed by atoms with E-state index in [2.05, 4.69) is 16.0 Å². The SMILES string of the molecule is COc1ccc(OC)c(NC(=O)C2=C(C)NC(=S)N[C@H]2c2ccc(OC)cc2OC)c1. The second-order valence-electron chi connectivity index (χ2n) is 6.70. The Bertz CT molecular complexity index is 1040. The zero-order valence-corrected chi connectivity index (χ0v) is 18.8. The summed E-state index contributed by atoms with van der Waals surface area (Å²) in [4.78, 5) is 13.4. The van der Waals surface area contributed by atoms with Crippen LogP contribution in [-0.4, -0.2) is 39.5 Å². The van der Waals surface area contributed by atoms with Crippen LogP contribution in [0.4, 0.5) is 5.69 Å². The lowest BCUT2D eigenvalue weighted by Gasteiger charge is -2.31. The molecule has 3 N–H and O–H groups in total. The molecule has 1 amide bonds. The average molecular weight is 444 g/mol. The molecule has 0 bridgehead atoms. The molecule has 2 aromatic rings. The van der Waals surface area contributed by atoms with Crippen LogP contribution in [-0.2, 0) is 4.79 Å². The van der Waals surface area contributed by atoms with Crippen LogP contribution in [0.25, 0.3) is 0 Å². The van der Waals surface area contributed by atoms with Gasteiger partial charge in [-0.15, -0.1) is 0 Å². The number of thiocarbonyl (C=S) groups is 1. The molecule has 0 aromatic heterocycles. The molecule has 8 nitrogen and oxygen atoms in total. The molecule has 2 aromatic carbocycles. The minimum atomic E-state index is -0.536. The molecule has 0 saturated heterocycles. The minimum absolute atomic E-state index is 0.325. The maximum atomic E-state index is 13.4. The lowest BCUT2D eigenvalue weighted by molar-refractivity contribution is -0.113.